The maximum Gasteiger partial charge on any atom is 0.247 e. The Morgan fingerprint density at radius 2 is 1.96 bits per heavy atom. The molecule has 23 heavy (non-hydrogen) atoms. The number of hydrogen-bond acceptors (Lipinski definition) is 4. The highest BCUT2D eigenvalue weighted by Gasteiger charge is 2.26. The number of nitrogens with one attached hydrogen (secondary N) is 2. The standard InChI is InChI=1S/C16H23N3O3S/c20-23(21,19-9-11-22-12-10-19)15-6-4-5-14(13-15)18-16-7-2-1-3-8-17-16/h4-6,13H,1-3,7-12H2,(H,17,18)/p+1. The number of amidine groups is 1. The molecule has 0 saturated carbocycles. The van der Waals surface area contributed by atoms with Crippen LogP contribution in [-0.2, 0) is 14.8 Å². The molecule has 0 spiro atoms. The third kappa shape index (κ3) is 4.10. The van der Waals surface area contributed by atoms with E-state index in [0.717, 1.165) is 30.9 Å². The van der Waals surface area contributed by atoms with Crippen molar-refractivity contribution in [3.05, 3.63) is 24.3 Å². The highest BCUT2D eigenvalue weighted by atomic mass is 32.2. The summed E-state index contributed by atoms with van der Waals surface area (Å²) < 4.78 is 32.1. The van der Waals surface area contributed by atoms with E-state index in [0.29, 0.717) is 31.2 Å². The topological polar surface area (TPSA) is 72.6 Å². The highest BCUT2D eigenvalue weighted by Crippen LogP contribution is 2.20. The predicted octanol–water partition coefficient (Wildman–Crippen LogP) is 0.172. The van der Waals surface area contributed by atoms with Gasteiger partial charge in [-0.25, -0.2) is 13.7 Å². The molecule has 0 amide bonds. The van der Waals surface area contributed by atoms with Crippen LogP contribution >= 0.6 is 0 Å². The molecule has 2 N–H and O–H groups in total. The van der Waals surface area contributed by atoms with E-state index in [-0.39, 0.29) is 0 Å². The molecule has 0 atom stereocenters. The van der Waals surface area contributed by atoms with E-state index in [1.54, 1.807) is 18.2 Å². The van der Waals surface area contributed by atoms with Crippen LogP contribution in [0, 0.1) is 0 Å². The Hall–Kier alpha value is -1.44. The first-order valence-corrected chi connectivity index (χ1v) is 9.65. The van der Waals surface area contributed by atoms with Gasteiger partial charge < -0.3 is 4.74 Å². The molecule has 0 bridgehead atoms. The minimum atomic E-state index is -3.45. The Morgan fingerprint density at radius 3 is 2.78 bits per heavy atom. The van der Waals surface area contributed by atoms with Gasteiger partial charge in [-0.15, -0.1) is 0 Å². The van der Waals surface area contributed by atoms with E-state index >= 15 is 0 Å². The molecule has 2 heterocycles. The summed E-state index contributed by atoms with van der Waals surface area (Å²) >= 11 is 0. The number of benzene rings is 1. The summed E-state index contributed by atoms with van der Waals surface area (Å²) in [5.41, 5.74) is 0.809. The van der Waals surface area contributed by atoms with Gasteiger partial charge in [-0.1, -0.05) is 6.07 Å². The summed E-state index contributed by atoms with van der Waals surface area (Å²) in [4.78, 5) is 3.71. The number of anilines is 1. The summed E-state index contributed by atoms with van der Waals surface area (Å²) in [5, 5.41) is 3.33. The van der Waals surface area contributed by atoms with Gasteiger partial charge in [0.05, 0.1) is 24.7 Å². The van der Waals surface area contributed by atoms with Gasteiger partial charge >= 0.3 is 0 Å². The highest BCUT2D eigenvalue weighted by molar-refractivity contribution is 7.89. The maximum atomic E-state index is 12.7. The van der Waals surface area contributed by atoms with Crippen LogP contribution in [0.25, 0.3) is 0 Å². The molecule has 1 aromatic carbocycles. The van der Waals surface area contributed by atoms with E-state index < -0.39 is 10.0 Å². The number of sulfonamides is 1. The molecule has 1 aromatic rings. The van der Waals surface area contributed by atoms with Crippen LogP contribution in [-0.4, -0.2) is 51.4 Å². The number of rotatable bonds is 3. The first-order chi connectivity index (χ1) is 11.2. The molecule has 1 fully saturated rings. The van der Waals surface area contributed by atoms with Crippen molar-refractivity contribution in [2.75, 3.05) is 38.2 Å². The van der Waals surface area contributed by atoms with Gasteiger partial charge in [0.25, 0.3) is 0 Å². The monoisotopic (exact) mass is 338 g/mol. The second-order valence-electron chi connectivity index (χ2n) is 5.89. The molecule has 126 valence electrons. The summed E-state index contributed by atoms with van der Waals surface area (Å²) in [6.45, 7) is 2.71. The van der Waals surface area contributed by atoms with E-state index in [9.17, 15) is 8.42 Å². The van der Waals surface area contributed by atoms with Crippen molar-refractivity contribution in [2.24, 2.45) is 0 Å². The molecule has 3 rings (SSSR count). The lowest BCUT2D eigenvalue weighted by Gasteiger charge is -2.26. The molecule has 0 unspecified atom stereocenters. The lowest BCUT2D eigenvalue weighted by molar-refractivity contribution is -0.457. The van der Waals surface area contributed by atoms with E-state index in [1.165, 1.54) is 17.1 Å². The normalized spacial score (nSPS) is 20.6. The third-order valence-electron chi connectivity index (χ3n) is 4.18. The molecule has 1 saturated heterocycles. The van der Waals surface area contributed by atoms with Crippen LogP contribution in [0.15, 0.2) is 29.2 Å². The Bertz CT molecular complexity index is 667. The molecule has 0 aliphatic carbocycles. The zero-order chi connectivity index (χ0) is 16.1. The molecule has 2 aliphatic heterocycles. The Balaban J connectivity index is 1.77. The summed E-state index contributed by atoms with van der Waals surface area (Å²) in [5.74, 6) is 1.07. The fourth-order valence-electron chi connectivity index (χ4n) is 2.88. The van der Waals surface area contributed by atoms with Gasteiger partial charge in [0.15, 0.2) is 0 Å². The van der Waals surface area contributed by atoms with Gasteiger partial charge in [-0.05, 0) is 31.4 Å². The van der Waals surface area contributed by atoms with Crippen molar-refractivity contribution in [3.63, 3.8) is 0 Å². The maximum absolute atomic E-state index is 12.7. The van der Waals surface area contributed by atoms with E-state index in [2.05, 4.69) is 10.3 Å². The smallest absolute Gasteiger partial charge is 0.247 e. The molecule has 6 nitrogen and oxygen atoms in total. The number of nitrogens with zero attached hydrogens (tertiary/aromatic N) is 1. The lowest BCUT2D eigenvalue weighted by Crippen LogP contribution is -2.74. The summed E-state index contributed by atoms with van der Waals surface area (Å²) in [6.07, 6.45) is 4.53. The second-order valence-corrected chi connectivity index (χ2v) is 7.82. The molecule has 0 aromatic heterocycles. The number of morpholine rings is 1. The molecular formula is C16H24N3O3S+. The van der Waals surface area contributed by atoms with Crippen LogP contribution in [0.4, 0.5) is 5.69 Å². The van der Waals surface area contributed by atoms with Crippen molar-refractivity contribution in [2.45, 2.75) is 30.6 Å². The van der Waals surface area contributed by atoms with Crippen molar-refractivity contribution in [3.8, 4) is 0 Å². The van der Waals surface area contributed by atoms with Gasteiger partial charge in [0, 0.05) is 25.6 Å². The first-order valence-electron chi connectivity index (χ1n) is 8.21. The van der Waals surface area contributed by atoms with Gasteiger partial charge in [-0.3, -0.25) is 4.99 Å². The quantitative estimate of drug-likeness (QED) is 0.824. The van der Waals surface area contributed by atoms with Gasteiger partial charge in [0.1, 0.15) is 5.69 Å². The van der Waals surface area contributed by atoms with Crippen LogP contribution < -0.4 is 10.3 Å². The average Bonchev–Trinajstić information content (AvgIpc) is 2.85. The molecule has 7 heteroatoms. The van der Waals surface area contributed by atoms with Crippen LogP contribution in [0.5, 0.6) is 0 Å². The molecular weight excluding hydrogens is 314 g/mol. The van der Waals surface area contributed by atoms with Crippen molar-refractivity contribution in [1.82, 2.24) is 4.31 Å². The van der Waals surface area contributed by atoms with Gasteiger partial charge in [0.2, 0.25) is 15.9 Å². The van der Waals surface area contributed by atoms with Gasteiger partial charge in [-0.2, -0.15) is 4.31 Å². The predicted molar refractivity (Wildman–Crippen MR) is 88.9 cm³/mol. The second kappa shape index (κ2) is 7.42. The third-order valence-corrected chi connectivity index (χ3v) is 6.07. The van der Waals surface area contributed by atoms with Crippen LogP contribution in [0.1, 0.15) is 25.7 Å². The zero-order valence-electron chi connectivity index (χ0n) is 13.3. The van der Waals surface area contributed by atoms with Crippen molar-refractivity contribution >= 4 is 21.5 Å². The zero-order valence-corrected chi connectivity index (χ0v) is 14.1. The SMILES string of the molecule is O=S(=O)(c1cccc(NC2=[NH+]CCCCC2)c1)N1CCOCC1. The average molecular weight is 338 g/mol. The Labute approximate surface area is 137 Å². The molecule has 2 aliphatic rings. The summed E-state index contributed by atoms with van der Waals surface area (Å²) in [6, 6.07) is 7.05. The van der Waals surface area contributed by atoms with Crippen molar-refractivity contribution < 1.29 is 18.1 Å². The fraction of sp³-hybridized carbons (Fsp3) is 0.562. The first kappa shape index (κ1) is 16.4. The Morgan fingerprint density at radius 1 is 1.13 bits per heavy atom. The van der Waals surface area contributed by atoms with Crippen LogP contribution in [0.3, 0.4) is 0 Å². The Kier molecular flexibility index (Phi) is 5.30. The van der Waals surface area contributed by atoms with E-state index in [1.807, 2.05) is 6.07 Å². The lowest BCUT2D eigenvalue weighted by atomic mass is 10.2. The van der Waals surface area contributed by atoms with E-state index in [4.69, 9.17) is 4.74 Å². The summed E-state index contributed by atoms with van der Waals surface area (Å²) in [7, 11) is -3.45. The minimum absolute atomic E-state index is 0.332. The van der Waals surface area contributed by atoms with Crippen molar-refractivity contribution in [1.29, 1.82) is 0 Å². The van der Waals surface area contributed by atoms with Crippen LogP contribution in [0.2, 0.25) is 0 Å². The molecule has 0 radical (unpaired) electrons. The number of hydrogen-bond donors (Lipinski definition) is 2. The minimum Gasteiger partial charge on any atom is -0.379 e. The largest absolute Gasteiger partial charge is 0.379 e. The fourth-order valence-corrected chi connectivity index (χ4v) is 4.34. The number of ether oxygens (including phenoxy) is 1.